The largest absolute Gasteiger partial charge is 0.235 e. The number of halogens is 1. The van der Waals surface area contributed by atoms with E-state index in [1.807, 2.05) is 12.1 Å². The van der Waals surface area contributed by atoms with Gasteiger partial charge in [-0.15, -0.1) is 0 Å². The van der Waals surface area contributed by atoms with Crippen molar-refractivity contribution in [2.75, 3.05) is 6.54 Å². The van der Waals surface area contributed by atoms with Crippen LogP contribution < -0.4 is 0 Å². The Balaban J connectivity index is 2.92. The standard InChI is InChI=1S/C10H7BrN2O2/c11-9-3-1-8(2-4-9)10(13-7-15)5-12-6-14/h1-4,10H,5H2. The van der Waals surface area contributed by atoms with Gasteiger partial charge in [-0.1, -0.05) is 28.1 Å². The van der Waals surface area contributed by atoms with E-state index in [0.29, 0.717) is 0 Å². The predicted octanol–water partition coefficient (Wildman–Crippen LogP) is 2.16. The van der Waals surface area contributed by atoms with E-state index in [0.717, 1.165) is 10.0 Å². The Hall–Kier alpha value is -1.54. The lowest BCUT2D eigenvalue weighted by Crippen LogP contribution is -1.99. The third kappa shape index (κ3) is 3.60. The van der Waals surface area contributed by atoms with Crippen LogP contribution in [-0.4, -0.2) is 18.7 Å². The van der Waals surface area contributed by atoms with Crippen molar-refractivity contribution in [1.29, 1.82) is 0 Å². The SMILES string of the molecule is O=C=NCC(N=C=O)c1ccc(Br)cc1. The second kappa shape index (κ2) is 6.04. The molecule has 1 aromatic rings. The van der Waals surface area contributed by atoms with E-state index in [2.05, 4.69) is 25.9 Å². The van der Waals surface area contributed by atoms with E-state index in [1.54, 1.807) is 12.1 Å². The highest BCUT2D eigenvalue weighted by Gasteiger charge is 2.08. The zero-order valence-corrected chi connectivity index (χ0v) is 9.27. The molecule has 0 N–H and O–H groups in total. The van der Waals surface area contributed by atoms with Gasteiger partial charge in [0.1, 0.15) is 6.04 Å². The van der Waals surface area contributed by atoms with Crippen LogP contribution in [-0.2, 0) is 9.59 Å². The van der Waals surface area contributed by atoms with Gasteiger partial charge in [-0.05, 0) is 17.7 Å². The normalized spacial score (nSPS) is 11.0. The lowest BCUT2D eigenvalue weighted by Gasteiger charge is -2.06. The first-order valence-corrected chi connectivity index (χ1v) is 4.93. The number of carbonyl (C=O) groups excluding carboxylic acids is 2. The van der Waals surface area contributed by atoms with Gasteiger partial charge in [-0.2, -0.15) is 4.99 Å². The average molecular weight is 267 g/mol. The van der Waals surface area contributed by atoms with Gasteiger partial charge in [0.2, 0.25) is 12.2 Å². The second-order valence-electron chi connectivity index (χ2n) is 2.72. The minimum Gasteiger partial charge on any atom is -0.211 e. The van der Waals surface area contributed by atoms with Gasteiger partial charge in [-0.3, -0.25) is 0 Å². The minimum atomic E-state index is -0.461. The third-order valence-corrected chi connectivity index (χ3v) is 2.32. The Labute approximate surface area is 94.9 Å². The van der Waals surface area contributed by atoms with E-state index >= 15 is 0 Å². The van der Waals surface area contributed by atoms with Gasteiger partial charge < -0.3 is 0 Å². The van der Waals surface area contributed by atoms with Crippen LogP contribution in [0.25, 0.3) is 0 Å². The summed E-state index contributed by atoms with van der Waals surface area (Å²) in [6.07, 6.45) is 2.88. The zero-order chi connectivity index (χ0) is 11.1. The summed E-state index contributed by atoms with van der Waals surface area (Å²) in [5, 5.41) is 0. The first kappa shape index (κ1) is 11.5. The smallest absolute Gasteiger partial charge is 0.211 e. The summed E-state index contributed by atoms with van der Waals surface area (Å²) in [5.74, 6) is 0. The molecule has 0 saturated heterocycles. The summed E-state index contributed by atoms with van der Waals surface area (Å²) in [5.41, 5.74) is 0.806. The summed E-state index contributed by atoms with van der Waals surface area (Å²) < 4.78 is 0.930. The van der Waals surface area contributed by atoms with Crippen molar-refractivity contribution in [3.05, 3.63) is 34.3 Å². The van der Waals surface area contributed by atoms with Crippen LogP contribution in [0.3, 0.4) is 0 Å². The highest BCUT2D eigenvalue weighted by atomic mass is 79.9. The molecule has 5 heteroatoms. The van der Waals surface area contributed by atoms with Crippen LogP contribution in [0, 0.1) is 0 Å². The first-order chi connectivity index (χ1) is 7.27. The highest BCUT2D eigenvalue weighted by Crippen LogP contribution is 2.19. The molecule has 0 bridgehead atoms. The molecule has 0 aliphatic rings. The van der Waals surface area contributed by atoms with Crippen molar-refractivity contribution in [2.24, 2.45) is 9.98 Å². The maximum Gasteiger partial charge on any atom is 0.235 e. The monoisotopic (exact) mass is 266 g/mol. The highest BCUT2D eigenvalue weighted by molar-refractivity contribution is 9.10. The number of aliphatic imine (C=N–C) groups is 2. The predicted molar refractivity (Wildman–Crippen MR) is 58.0 cm³/mol. The number of hydrogen-bond acceptors (Lipinski definition) is 4. The summed E-state index contributed by atoms with van der Waals surface area (Å²) >= 11 is 3.29. The third-order valence-electron chi connectivity index (χ3n) is 1.79. The quantitative estimate of drug-likeness (QED) is 0.620. The van der Waals surface area contributed by atoms with Gasteiger partial charge >= 0.3 is 0 Å². The molecule has 0 aliphatic heterocycles. The van der Waals surface area contributed by atoms with Crippen LogP contribution in [0.1, 0.15) is 11.6 Å². The van der Waals surface area contributed by atoms with Crippen LogP contribution in [0.4, 0.5) is 0 Å². The molecule has 4 nitrogen and oxygen atoms in total. The Kier molecular flexibility index (Phi) is 4.64. The van der Waals surface area contributed by atoms with E-state index < -0.39 is 6.04 Å². The van der Waals surface area contributed by atoms with Gasteiger partial charge in [0.25, 0.3) is 0 Å². The number of rotatable bonds is 4. The van der Waals surface area contributed by atoms with Crippen molar-refractivity contribution >= 4 is 28.1 Å². The van der Waals surface area contributed by atoms with E-state index in [-0.39, 0.29) is 6.54 Å². The number of nitrogens with zero attached hydrogens (tertiary/aromatic N) is 2. The molecule has 1 atom stereocenters. The van der Waals surface area contributed by atoms with Gasteiger partial charge in [0, 0.05) is 4.47 Å². The molecule has 0 fully saturated rings. The van der Waals surface area contributed by atoms with E-state index in [9.17, 15) is 9.59 Å². The fraction of sp³-hybridized carbons (Fsp3) is 0.200. The molecule has 0 aliphatic carbocycles. The molecular formula is C10H7BrN2O2. The van der Waals surface area contributed by atoms with Crippen molar-refractivity contribution in [1.82, 2.24) is 0 Å². The number of isocyanates is 2. The molecule has 15 heavy (non-hydrogen) atoms. The van der Waals surface area contributed by atoms with Gasteiger partial charge in [-0.25, -0.2) is 14.6 Å². The lowest BCUT2D eigenvalue weighted by molar-refractivity contribution is 0.553. The average Bonchev–Trinajstić information content (AvgIpc) is 2.25. The maximum absolute atomic E-state index is 10.2. The maximum atomic E-state index is 10.2. The summed E-state index contributed by atoms with van der Waals surface area (Å²) in [4.78, 5) is 27.1. The van der Waals surface area contributed by atoms with E-state index in [1.165, 1.54) is 12.2 Å². The number of hydrogen-bond donors (Lipinski definition) is 0. The molecule has 0 heterocycles. The van der Waals surface area contributed by atoms with Crippen molar-refractivity contribution in [3.63, 3.8) is 0 Å². The Bertz CT molecular complexity index is 418. The van der Waals surface area contributed by atoms with Crippen LogP contribution in [0.5, 0.6) is 0 Å². The van der Waals surface area contributed by atoms with Crippen LogP contribution in [0.15, 0.2) is 38.7 Å². The molecular weight excluding hydrogens is 260 g/mol. The van der Waals surface area contributed by atoms with Gasteiger partial charge in [0.15, 0.2) is 0 Å². The fourth-order valence-electron chi connectivity index (χ4n) is 1.09. The van der Waals surface area contributed by atoms with Crippen LogP contribution >= 0.6 is 15.9 Å². The topological polar surface area (TPSA) is 58.9 Å². The number of benzene rings is 1. The Morgan fingerprint density at radius 3 is 2.40 bits per heavy atom. The lowest BCUT2D eigenvalue weighted by atomic mass is 10.1. The molecule has 76 valence electrons. The molecule has 0 aromatic heterocycles. The molecule has 0 spiro atoms. The second-order valence-corrected chi connectivity index (χ2v) is 3.64. The zero-order valence-electron chi connectivity index (χ0n) is 7.68. The van der Waals surface area contributed by atoms with Crippen LogP contribution in [0.2, 0.25) is 0 Å². The fourth-order valence-corrected chi connectivity index (χ4v) is 1.36. The molecule has 0 saturated carbocycles. The Morgan fingerprint density at radius 1 is 1.20 bits per heavy atom. The summed E-state index contributed by atoms with van der Waals surface area (Å²) in [7, 11) is 0. The van der Waals surface area contributed by atoms with Gasteiger partial charge in [0.05, 0.1) is 6.54 Å². The minimum absolute atomic E-state index is 0.111. The molecule has 1 aromatic carbocycles. The van der Waals surface area contributed by atoms with Crippen molar-refractivity contribution < 1.29 is 9.59 Å². The van der Waals surface area contributed by atoms with Crippen molar-refractivity contribution in [3.8, 4) is 0 Å². The first-order valence-electron chi connectivity index (χ1n) is 4.14. The summed E-state index contributed by atoms with van der Waals surface area (Å²) in [6, 6.07) is 6.80. The molecule has 0 radical (unpaired) electrons. The summed E-state index contributed by atoms with van der Waals surface area (Å²) in [6.45, 7) is 0.111. The molecule has 1 unspecified atom stereocenters. The van der Waals surface area contributed by atoms with E-state index in [4.69, 9.17) is 0 Å². The molecule has 0 amide bonds. The van der Waals surface area contributed by atoms with Crippen molar-refractivity contribution in [2.45, 2.75) is 6.04 Å². The Morgan fingerprint density at radius 2 is 1.87 bits per heavy atom. The molecule has 1 rings (SSSR count).